The standard InChI is InChI=1S/C19H24N4O/c1-8-13(5)20-14(6)15(9-2)16-10-22(7)19(24)17-11-23(12(3)4)21-18(16)17/h8-12,20H,1-2,5H2,3-4,6-7H3/b15-14-. The Morgan fingerprint density at radius 3 is 2.50 bits per heavy atom. The zero-order valence-corrected chi connectivity index (χ0v) is 14.8. The van der Waals surface area contributed by atoms with E-state index in [0.29, 0.717) is 16.6 Å². The molecule has 0 radical (unpaired) electrons. The maximum atomic E-state index is 12.4. The number of pyridine rings is 1. The summed E-state index contributed by atoms with van der Waals surface area (Å²) in [5.74, 6) is 0. The van der Waals surface area contributed by atoms with Gasteiger partial charge >= 0.3 is 0 Å². The molecule has 0 unspecified atom stereocenters. The highest BCUT2D eigenvalue weighted by Crippen LogP contribution is 2.25. The summed E-state index contributed by atoms with van der Waals surface area (Å²) in [4.78, 5) is 12.4. The lowest BCUT2D eigenvalue weighted by molar-refractivity contribution is 0.537. The molecule has 0 atom stereocenters. The van der Waals surface area contributed by atoms with Gasteiger partial charge in [-0.1, -0.05) is 25.8 Å². The van der Waals surface area contributed by atoms with Gasteiger partial charge in [0.25, 0.3) is 5.56 Å². The van der Waals surface area contributed by atoms with Crippen LogP contribution in [0, 0.1) is 0 Å². The number of rotatable bonds is 6. The summed E-state index contributed by atoms with van der Waals surface area (Å²) in [6, 6.07) is 0.172. The first-order valence-electron chi connectivity index (χ1n) is 7.80. The van der Waals surface area contributed by atoms with E-state index in [-0.39, 0.29) is 11.6 Å². The van der Waals surface area contributed by atoms with Gasteiger partial charge in [-0.2, -0.15) is 5.10 Å². The lowest BCUT2D eigenvalue weighted by atomic mass is 10.0. The fourth-order valence-electron chi connectivity index (χ4n) is 2.54. The predicted molar refractivity (Wildman–Crippen MR) is 101 cm³/mol. The second-order valence-electron chi connectivity index (χ2n) is 6.02. The highest BCUT2D eigenvalue weighted by Gasteiger charge is 2.16. The Morgan fingerprint density at radius 1 is 1.29 bits per heavy atom. The van der Waals surface area contributed by atoms with Gasteiger partial charge in [-0.05, 0) is 26.8 Å². The molecule has 0 aliphatic rings. The van der Waals surface area contributed by atoms with Gasteiger partial charge in [0.1, 0.15) is 5.52 Å². The summed E-state index contributed by atoms with van der Waals surface area (Å²) in [5, 5.41) is 8.39. The van der Waals surface area contributed by atoms with Crippen molar-refractivity contribution in [1.82, 2.24) is 19.7 Å². The molecule has 5 nitrogen and oxygen atoms in total. The van der Waals surface area contributed by atoms with Crippen molar-refractivity contribution in [3.05, 3.63) is 71.6 Å². The van der Waals surface area contributed by atoms with Crippen LogP contribution in [0.4, 0.5) is 0 Å². The van der Waals surface area contributed by atoms with Gasteiger partial charge in [-0.3, -0.25) is 9.48 Å². The van der Waals surface area contributed by atoms with Gasteiger partial charge in [0, 0.05) is 48.0 Å². The molecule has 126 valence electrons. The quantitative estimate of drug-likeness (QED) is 0.827. The second kappa shape index (κ2) is 6.74. The molecule has 5 heteroatoms. The van der Waals surface area contributed by atoms with E-state index in [1.54, 1.807) is 36.2 Å². The largest absolute Gasteiger partial charge is 0.359 e. The summed E-state index contributed by atoms with van der Waals surface area (Å²) in [7, 11) is 1.74. The van der Waals surface area contributed by atoms with E-state index in [9.17, 15) is 4.79 Å². The van der Waals surface area contributed by atoms with E-state index >= 15 is 0 Å². The first-order valence-corrected chi connectivity index (χ1v) is 7.80. The molecule has 0 saturated carbocycles. The van der Waals surface area contributed by atoms with Crippen molar-refractivity contribution in [2.75, 3.05) is 0 Å². The summed E-state index contributed by atoms with van der Waals surface area (Å²) in [6.07, 6.45) is 7.00. The first-order chi connectivity index (χ1) is 11.3. The molecule has 0 aromatic carbocycles. The van der Waals surface area contributed by atoms with Crippen LogP contribution in [-0.2, 0) is 7.05 Å². The van der Waals surface area contributed by atoms with Crippen LogP contribution in [0.1, 0.15) is 32.4 Å². The molecule has 2 heterocycles. The van der Waals surface area contributed by atoms with Crippen LogP contribution >= 0.6 is 0 Å². The van der Waals surface area contributed by atoms with E-state index in [2.05, 4.69) is 30.2 Å². The summed E-state index contributed by atoms with van der Waals surface area (Å²) < 4.78 is 3.38. The molecule has 0 fully saturated rings. The number of fused-ring (bicyclic) bond motifs is 1. The Balaban J connectivity index is 2.79. The lowest BCUT2D eigenvalue weighted by Gasteiger charge is -2.13. The van der Waals surface area contributed by atoms with Gasteiger partial charge in [0.2, 0.25) is 0 Å². The van der Waals surface area contributed by atoms with Crippen molar-refractivity contribution < 1.29 is 0 Å². The van der Waals surface area contributed by atoms with Crippen molar-refractivity contribution in [3.63, 3.8) is 0 Å². The number of hydrogen-bond donors (Lipinski definition) is 1. The molecule has 0 amide bonds. The fraction of sp³-hybridized carbons (Fsp3) is 0.263. The lowest BCUT2D eigenvalue weighted by Crippen LogP contribution is -2.17. The Bertz CT molecular complexity index is 909. The molecule has 2 rings (SSSR count). The molecule has 2 aromatic heterocycles. The molecule has 0 spiro atoms. The molecule has 24 heavy (non-hydrogen) atoms. The minimum Gasteiger partial charge on any atom is -0.359 e. The van der Waals surface area contributed by atoms with Gasteiger partial charge in [-0.25, -0.2) is 0 Å². The van der Waals surface area contributed by atoms with E-state index < -0.39 is 0 Å². The number of nitrogens with one attached hydrogen (secondary N) is 1. The number of nitrogens with zero attached hydrogens (tertiary/aromatic N) is 3. The van der Waals surface area contributed by atoms with Gasteiger partial charge in [0.05, 0.1) is 5.39 Å². The highest BCUT2D eigenvalue weighted by atomic mass is 16.1. The maximum Gasteiger partial charge on any atom is 0.261 e. The third-order valence-corrected chi connectivity index (χ3v) is 3.88. The average molecular weight is 324 g/mol. The predicted octanol–water partition coefficient (Wildman–Crippen LogP) is 3.52. The zero-order chi connectivity index (χ0) is 18.0. The van der Waals surface area contributed by atoms with Gasteiger partial charge in [0.15, 0.2) is 0 Å². The van der Waals surface area contributed by atoms with Crippen LogP contribution in [0.3, 0.4) is 0 Å². The van der Waals surface area contributed by atoms with Gasteiger partial charge in [-0.15, -0.1) is 0 Å². The Morgan fingerprint density at radius 2 is 1.96 bits per heavy atom. The summed E-state index contributed by atoms with van der Waals surface area (Å²) >= 11 is 0. The normalized spacial score (nSPS) is 12.2. The molecule has 0 aliphatic heterocycles. The average Bonchev–Trinajstić information content (AvgIpc) is 2.98. The SMILES string of the molecule is C=CC(=C)N/C(C)=C(/C=C)c1cn(C)c(=O)c2cn(C(C)C)nc12. The number of aromatic nitrogens is 3. The van der Waals surface area contributed by atoms with Crippen molar-refractivity contribution in [2.24, 2.45) is 7.05 Å². The third-order valence-electron chi connectivity index (χ3n) is 3.88. The summed E-state index contributed by atoms with van der Waals surface area (Å²) in [5.41, 5.74) is 3.89. The van der Waals surface area contributed by atoms with E-state index in [0.717, 1.165) is 16.8 Å². The fourth-order valence-corrected chi connectivity index (χ4v) is 2.54. The third kappa shape index (κ3) is 3.11. The molecule has 0 aliphatic carbocycles. The first kappa shape index (κ1) is 17.5. The Labute approximate surface area is 142 Å². The summed E-state index contributed by atoms with van der Waals surface area (Å²) in [6.45, 7) is 17.5. The van der Waals surface area contributed by atoms with Crippen LogP contribution < -0.4 is 10.9 Å². The monoisotopic (exact) mass is 324 g/mol. The second-order valence-corrected chi connectivity index (χ2v) is 6.02. The van der Waals surface area contributed by atoms with Crippen molar-refractivity contribution >= 4 is 16.5 Å². The minimum absolute atomic E-state index is 0.0647. The van der Waals surface area contributed by atoms with Crippen molar-refractivity contribution in [3.8, 4) is 0 Å². The molecule has 0 saturated heterocycles. The van der Waals surface area contributed by atoms with Gasteiger partial charge < -0.3 is 9.88 Å². The maximum absolute atomic E-state index is 12.4. The smallest absolute Gasteiger partial charge is 0.261 e. The van der Waals surface area contributed by atoms with E-state index in [1.807, 2.05) is 25.5 Å². The van der Waals surface area contributed by atoms with Crippen LogP contribution in [0.2, 0.25) is 0 Å². The molecule has 0 bridgehead atoms. The van der Waals surface area contributed by atoms with Crippen LogP contribution in [-0.4, -0.2) is 14.3 Å². The molecule has 2 aromatic rings. The van der Waals surface area contributed by atoms with E-state index in [1.165, 1.54) is 0 Å². The van der Waals surface area contributed by atoms with E-state index in [4.69, 9.17) is 0 Å². The zero-order valence-electron chi connectivity index (χ0n) is 14.8. The van der Waals surface area contributed by atoms with Crippen LogP contribution in [0.15, 0.2) is 60.5 Å². The highest BCUT2D eigenvalue weighted by molar-refractivity contribution is 5.93. The molecular formula is C19H24N4O. The minimum atomic E-state index is -0.0647. The van der Waals surface area contributed by atoms with Crippen molar-refractivity contribution in [2.45, 2.75) is 26.8 Å². The number of aryl methyl sites for hydroxylation is 1. The molecular weight excluding hydrogens is 300 g/mol. The van der Waals surface area contributed by atoms with Crippen LogP contribution in [0.25, 0.3) is 16.5 Å². The van der Waals surface area contributed by atoms with Crippen molar-refractivity contribution in [1.29, 1.82) is 0 Å². The number of allylic oxidation sites excluding steroid dienone is 4. The Hall–Kier alpha value is -2.82. The van der Waals surface area contributed by atoms with Crippen LogP contribution in [0.5, 0.6) is 0 Å². The molecule has 1 N–H and O–H groups in total. The topological polar surface area (TPSA) is 51.9 Å². The number of hydrogen-bond acceptors (Lipinski definition) is 3. The Kier molecular flexibility index (Phi) is 4.93.